The molecule has 0 aliphatic heterocycles. The Hall–Kier alpha value is -1.17. The lowest BCUT2D eigenvalue weighted by molar-refractivity contribution is -0.0688. The minimum Gasteiger partial charge on any atom is -0.206 e. The van der Waals surface area contributed by atoms with Crippen LogP contribution >= 0.6 is 11.6 Å². The van der Waals surface area contributed by atoms with Crippen molar-refractivity contribution in [1.29, 1.82) is 0 Å². The van der Waals surface area contributed by atoms with Gasteiger partial charge in [0, 0.05) is 10.6 Å². The van der Waals surface area contributed by atoms with Gasteiger partial charge in [-0.25, -0.2) is 13.2 Å². The van der Waals surface area contributed by atoms with Gasteiger partial charge in [0.25, 0.3) is 6.40 Å². The van der Waals surface area contributed by atoms with Gasteiger partial charge in [-0.05, 0) is 12.1 Å². The third-order valence-electron chi connectivity index (χ3n) is 1.91. The standard InChI is InChI=1S/C10H5ClF6/c1-4(10(15,16)17)6-2-5(11)3-7(8(6)12)9(13)14/h2-3,9H,1H2/i9T. The molecular formula is C10H5ClF6. The molecule has 0 aliphatic carbocycles. The third-order valence-corrected chi connectivity index (χ3v) is 2.13. The minimum absolute atomic E-state index is 0.400. The van der Waals surface area contributed by atoms with Crippen molar-refractivity contribution in [2.45, 2.75) is 12.6 Å². The van der Waals surface area contributed by atoms with Crippen molar-refractivity contribution >= 4 is 17.2 Å². The fourth-order valence-corrected chi connectivity index (χ4v) is 1.32. The minimum atomic E-state index is -4.99. The summed E-state index contributed by atoms with van der Waals surface area (Å²) in [5, 5.41) is -0.543. The van der Waals surface area contributed by atoms with E-state index in [1.54, 1.807) is 0 Å². The van der Waals surface area contributed by atoms with Gasteiger partial charge in [-0.1, -0.05) is 18.2 Å². The van der Waals surface area contributed by atoms with Crippen molar-refractivity contribution in [2.75, 3.05) is 0 Å². The van der Waals surface area contributed by atoms with Gasteiger partial charge >= 0.3 is 6.18 Å². The normalized spacial score (nSPS) is 13.5. The lowest BCUT2D eigenvalue weighted by Crippen LogP contribution is -2.12. The van der Waals surface area contributed by atoms with Crippen molar-refractivity contribution < 1.29 is 27.7 Å². The molecule has 94 valence electrons. The van der Waals surface area contributed by atoms with E-state index in [1.807, 2.05) is 0 Å². The number of hydrogen-bond acceptors (Lipinski definition) is 0. The summed E-state index contributed by atoms with van der Waals surface area (Å²) >= 11 is 5.33. The summed E-state index contributed by atoms with van der Waals surface area (Å²) < 4.78 is 82.2. The number of alkyl halides is 5. The van der Waals surface area contributed by atoms with Gasteiger partial charge in [-0.2, -0.15) is 13.2 Å². The van der Waals surface area contributed by atoms with Crippen molar-refractivity contribution in [3.05, 3.63) is 40.7 Å². The molecule has 1 aromatic rings. The van der Waals surface area contributed by atoms with Gasteiger partial charge in [0.1, 0.15) is 7.19 Å². The maximum atomic E-state index is 13.5. The van der Waals surface area contributed by atoms with Gasteiger partial charge in [0.2, 0.25) is 0 Å². The molecule has 0 aromatic heterocycles. The summed E-state index contributed by atoms with van der Waals surface area (Å²) in [6.45, 7) is 2.59. The van der Waals surface area contributed by atoms with Crippen LogP contribution in [0.2, 0.25) is 5.02 Å². The molecule has 0 N–H and O–H groups in total. The Morgan fingerprint density at radius 2 is 1.88 bits per heavy atom. The van der Waals surface area contributed by atoms with Crippen LogP contribution < -0.4 is 0 Å². The van der Waals surface area contributed by atoms with Crippen LogP contribution in [0.25, 0.3) is 5.57 Å². The molecule has 1 aromatic carbocycles. The first kappa shape index (κ1) is 12.3. The number of benzene rings is 1. The molecular weight excluding hydrogens is 270 g/mol. The van der Waals surface area contributed by atoms with E-state index in [0.717, 1.165) is 0 Å². The lowest BCUT2D eigenvalue weighted by atomic mass is 10.0. The van der Waals surface area contributed by atoms with Crippen LogP contribution in [0, 0.1) is 5.82 Å². The molecule has 0 unspecified atom stereocenters. The molecule has 0 saturated heterocycles. The highest BCUT2D eigenvalue weighted by Crippen LogP contribution is 2.37. The summed E-state index contributed by atoms with van der Waals surface area (Å²) in [7, 11) is 0. The molecule has 17 heavy (non-hydrogen) atoms. The third kappa shape index (κ3) is 2.94. The number of rotatable bonds is 2. The molecule has 0 saturated carbocycles. The van der Waals surface area contributed by atoms with E-state index in [0.29, 0.717) is 12.1 Å². The molecule has 0 fully saturated rings. The first-order valence-corrected chi connectivity index (χ1v) is 4.46. The molecule has 0 nitrogen and oxygen atoms in total. The second kappa shape index (κ2) is 4.60. The molecule has 0 amide bonds. The van der Waals surface area contributed by atoms with E-state index in [9.17, 15) is 26.3 Å². The zero-order valence-corrected chi connectivity index (χ0v) is 8.76. The van der Waals surface area contributed by atoms with Crippen LogP contribution in [0.3, 0.4) is 0 Å². The molecule has 0 aliphatic rings. The van der Waals surface area contributed by atoms with Crippen molar-refractivity contribution in [3.63, 3.8) is 0 Å². The Morgan fingerprint density at radius 3 is 2.29 bits per heavy atom. The predicted octanol–water partition coefficient (Wildman–Crippen LogP) is 4.99. The molecule has 0 heterocycles. The fraction of sp³-hybridized carbons (Fsp3) is 0.200. The van der Waals surface area contributed by atoms with Crippen LogP contribution in [0.5, 0.6) is 0 Å². The molecule has 1 rings (SSSR count). The van der Waals surface area contributed by atoms with E-state index in [4.69, 9.17) is 13.0 Å². The Kier molecular flexibility index (Phi) is 3.33. The molecule has 0 bridgehead atoms. The van der Waals surface area contributed by atoms with Crippen molar-refractivity contribution in [1.82, 2.24) is 0 Å². The second-order valence-corrected chi connectivity index (χ2v) is 3.49. The fourth-order valence-electron chi connectivity index (χ4n) is 1.10. The summed E-state index contributed by atoms with van der Waals surface area (Å²) in [4.78, 5) is 0. The number of allylic oxidation sites excluding steroid dienone is 1. The molecule has 0 atom stereocenters. The van der Waals surface area contributed by atoms with Crippen molar-refractivity contribution in [2.24, 2.45) is 0 Å². The monoisotopic (exact) mass is 276 g/mol. The first-order valence-electron chi connectivity index (χ1n) is 4.58. The average molecular weight is 277 g/mol. The maximum absolute atomic E-state index is 13.5. The van der Waals surface area contributed by atoms with E-state index in [-0.39, 0.29) is 0 Å². The summed E-state index contributed by atoms with van der Waals surface area (Å²) in [5.74, 6) is -1.86. The van der Waals surface area contributed by atoms with Gasteiger partial charge in [0.05, 0.1) is 11.1 Å². The molecule has 0 spiro atoms. The lowest BCUT2D eigenvalue weighted by Gasteiger charge is -2.13. The Bertz CT molecular complexity index is 488. The largest absolute Gasteiger partial charge is 0.416 e. The maximum Gasteiger partial charge on any atom is 0.416 e. The Balaban J connectivity index is 3.49. The van der Waals surface area contributed by atoms with Crippen LogP contribution in [0.4, 0.5) is 26.3 Å². The summed E-state index contributed by atoms with van der Waals surface area (Å²) in [5.41, 5.74) is -4.37. The number of hydrogen-bond donors (Lipinski definition) is 0. The average Bonchev–Trinajstić information content (AvgIpc) is 2.17. The zero-order valence-electron chi connectivity index (χ0n) is 9.01. The van der Waals surface area contributed by atoms with Gasteiger partial charge in [-0.15, -0.1) is 0 Å². The van der Waals surface area contributed by atoms with Gasteiger partial charge in [0.15, 0.2) is 0 Å². The van der Waals surface area contributed by atoms with E-state index in [1.165, 1.54) is 0 Å². The molecule has 7 heteroatoms. The topological polar surface area (TPSA) is 0 Å². The van der Waals surface area contributed by atoms with E-state index < -0.39 is 40.1 Å². The highest BCUT2D eigenvalue weighted by atomic mass is 35.5. The Labute approximate surface area is 98.9 Å². The van der Waals surface area contributed by atoms with Crippen LogP contribution in [-0.4, -0.2) is 6.18 Å². The zero-order chi connectivity index (χ0) is 14.3. The van der Waals surface area contributed by atoms with Crippen LogP contribution in [-0.2, 0) is 0 Å². The van der Waals surface area contributed by atoms with Gasteiger partial charge < -0.3 is 0 Å². The smallest absolute Gasteiger partial charge is 0.206 e. The highest BCUT2D eigenvalue weighted by Gasteiger charge is 2.35. The van der Waals surface area contributed by atoms with Crippen LogP contribution in [0.1, 0.15) is 18.9 Å². The number of halogens is 7. The predicted molar refractivity (Wildman–Crippen MR) is 51.5 cm³/mol. The Morgan fingerprint density at radius 1 is 1.35 bits per heavy atom. The van der Waals surface area contributed by atoms with Gasteiger partial charge in [-0.3, -0.25) is 0 Å². The summed E-state index contributed by atoms with van der Waals surface area (Å²) in [6.07, 6.45) is -9.38. The quantitative estimate of drug-likeness (QED) is 0.667. The SMILES string of the molecule is [3H]C(F)(F)c1cc(Cl)cc(C(=C)C(F)(F)F)c1F. The first-order chi connectivity index (χ1) is 7.94. The van der Waals surface area contributed by atoms with Crippen molar-refractivity contribution in [3.8, 4) is 0 Å². The summed E-state index contributed by atoms with van der Waals surface area (Å²) in [6, 6.07) is 0.930. The van der Waals surface area contributed by atoms with E-state index >= 15 is 0 Å². The highest BCUT2D eigenvalue weighted by molar-refractivity contribution is 6.30. The molecule has 0 radical (unpaired) electrons. The van der Waals surface area contributed by atoms with Crippen LogP contribution in [0.15, 0.2) is 18.7 Å². The second-order valence-electron chi connectivity index (χ2n) is 3.05. The van der Waals surface area contributed by atoms with E-state index in [2.05, 4.69) is 6.58 Å².